The van der Waals surface area contributed by atoms with Crippen molar-refractivity contribution in [2.75, 3.05) is 0 Å². The lowest BCUT2D eigenvalue weighted by atomic mass is 9.92. The molecular formula is C29H25FN4O2. The van der Waals surface area contributed by atoms with Crippen LogP contribution in [-0.2, 0) is 6.42 Å². The van der Waals surface area contributed by atoms with Gasteiger partial charge in [0.1, 0.15) is 5.52 Å². The van der Waals surface area contributed by atoms with Gasteiger partial charge in [-0.2, -0.15) is 4.39 Å². The molecule has 180 valence electrons. The van der Waals surface area contributed by atoms with Crippen LogP contribution in [-0.4, -0.2) is 30.7 Å². The molecule has 1 fully saturated rings. The van der Waals surface area contributed by atoms with Crippen molar-refractivity contribution in [2.24, 2.45) is 0 Å². The molecule has 5 aromatic rings. The Morgan fingerprint density at radius 3 is 2.50 bits per heavy atom. The van der Waals surface area contributed by atoms with Gasteiger partial charge in [-0.3, -0.25) is 14.3 Å². The van der Waals surface area contributed by atoms with Gasteiger partial charge in [-0.25, -0.2) is 9.97 Å². The highest BCUT2D eigenvalue weighted by Gasteiger charge is 2.26. The summed E-state index contributed by atoms with van der Waals surface area (Å²) in [7, 11) is 0. The van der Waals surface area contributed by atoms with E-state index in [-0.39, 0.29) is 11.6 Å². The smallest absolute Gasteiger partial charge is 0.261 e. The highest BCUT2D eigenvalue weighted by atomic mass is 19.1. The van der Waals surface area contributed by atoms with E-state index < -0.39 is 12.1 Å². The maximum atomic E-state index is 13.6. The largest absolute Gasteiger partial charge is 0.391 e. The number of pyridine rings is 2. The van der Waals surface area contributed by atoms with E-state index in [0.717, 1.165) is 46.9 Å². The molecule has 0 radical (unpaired) electrons. The van der Waals surface area contributed by atoms with Gasteiger partial charge in [-0.1, -0.05) is 43.2 Å². The fraction of sp³-hybridized carbons (Fsp3) is 0.241. The van der Waals surface area contributed by atoms with Crippen molar-refractivity contribution in [2.45, 2.75) is 44.2 Å². The van der Waals surface area contributed by atoms with Crippen molar-refractivity contribution in [3.8, 4) is 11.1 Å². The number of fused-ring (bicyclic) bond motifs is 3. The summed E-state index contributed by atoms with van der Waals surface area (Å²) < 4.78 is 15.1. The van der Waals surface area contributed by atoms with Crippen LogP contribution < -0.4 is 5.56 Å². The van der Waals surface area contributed by atoms with Gasteiger partial charge in [0.2, 0.25) is 5.95 Å². The fourth-order valence-electron chi connectivity index (χ4n) is 5.32. The van der Waals surface area contributed by atoms with E-state index in [1.54, 1.807) is 23.2 Å². The van der Waals surface area contributed by atoms with Crippen LogP contribution in [0.4, 0.5) is 4.39 Å². The summed E-state index contributed by atoms with van der Waals surface area (Å²) >= 11 is 0. The lowest BCUT2D eigenvalue weighted by Crippen LogP contribution is -2.34. The third-order valence-corrected chi connectivity index (χ3v) is 7.19. The van der Waals surface area contributed by atoms with Crippen LogP contribution in [0.1, 0.15) is 42.9 Å². The molecule has 0 amide bonds. The average molecular weight is 481 g/mol. The molecule has 3 aromatic heterocycles. The van der Waals surface area contributed by atoms with E-state index in [2.05, 4.69) is 15.0 Å². The highest BCUT2D eigenvalue weighted by molar-refractivity contribution is 6.04. The number of aromatic nitrogens is 4. The third-order valence-electron chi connectivity index (χ3n) is 7.19. The molecule has 0 spiro atoms. The molecule has 2 atom stereocenters. The van der Waals surface area contributed by atoms with Gasteiger partial charge in [-0.05, 0) is 59.7 Å². The Kier molecular flexibility index (Phi) is 5.77. The number of benzene rings is 2. The lowest BCUT2D eigenvalue weighted by molar-refractivity contribution is 0.0735. The molecule has 7 heteroatoms. The number of halogens is 1. The maximum absolute atomic E-state index is 13.6. The number of rotatable bonds is 4. The molecule has 36 heavy (non-hydrogen) atoms. The summed E-state index contributed by atoms with van der Waals surface area (Å²) in [4.78, 5) is 26.4. The SMILES string of the molecule is O=c1c2cc(Cc3ccc(-c4ccnc(F)c4)cc3)c3cccnc3c2ncn1[C@H]1CCCC[C@@H]1O. The van der Waals surface area contributed by atoms with Gasteiger partial charge < -0.3 is 5.11 Å². The van der Waals surface area contributed by atoms with Crippen molar-refractivity contribution >= 4 is 21.8 Å². The predicted octanol–water partition coefficient (Wildman–Crippen LogP) is 5.21. The Morgan fingerprint density at radius 1 is 0.889 bits per heavy atom. The molecule has 1 aliphatic carbocycles. The minimum Gasteiger partial charge on any atom is -0.391 e. The first-order chi connectivity index (χ1) is 17.6. The van der Waals surface area contributed by atoms with Crippen LogP contribution in [0.5, 0.6) is 0 Å². The Balaban J connectivity index is 1.42. The standard InChI is InChI=1S/C29H25FN4O2/c30-26-16-20(11-13-31-26)19-9-7-18(8-10-19)14-21-15-23-28(27-22(21)4-3-12-32-27)33-17-34(29(23)36)24-5-1-2-6-25(24)35/h3-4,7-13,15-17,24-25,35H,1-2,5-6,14H2/t24-,25-/m0/s1. The highest BCUT2D eigenvalue weighted by Crippen LogP contribution is 2.30. The summed E-state index contributed by atoms with van der Waals surface area (Å²) in [6.45, 7) is 0. The van der Waals surface area contributed by atoms with Crippen LogP contribution in [0, 0.1) is 5.95 Å². The normalized spacial score (nSPS) is 18.1. The fourth-order valence-corrected chi connectivity index (χ4v) is 5.32. The molecule has 3 heterocycles. The minimum absolute atomic E-state index is 0.144. The molecular weight excluding hydrogens is 455 g/mol. The van der Waals surface area contributed by atoms with Crippen LogP contribution in [0.25, 0.3) is 32.9 Å². The second-order valence-electron chi connectivity index (χ2n) is 9.45. The molecule has 0 saturated heterocycles. The first-order valence-corrected chi connectivity index (χ1v) is 12.2. The topological polar surface area (TPSA) is 80.9 Å². The number of aliphatic hydroxyl groups excluding tert-OH is 1. The summed E-state index contributed by atoms with van der Waals surface area (Å²) in [5.41, 5.74) is 4.85. The van der Waals surface area contributed by atoms with Gasteiger partial charge >= 0.3 is 0 Å². The first-order valence-electron chi connectivity index (χ1n) is 12.2. The maximum Gasteiger partial charge on any atom is 0.261 e. The summed E-state index contributed by atoms with van der Waals surface area (Å²) in [6, 6.07) is 16.7. The number of aliphatic hydroxyl groups is 1. The average Bonchev–Trinajstić information content (AvgIpc) is 2.90. The van der Waals surface area contributed by atoms with E-state index in [1.807, 2.05) is 42.5 Å². The monoisotopic (exact) mass is 480 g/mol. The molecule has 6 rings (SSSR count). The zero-order valence-electron chi connectivity index (χ0n) is 19.6. The van der Waals surface area contributed by atoms with Crippen LogP contribution >= 0.6 is 0 Å². The minimum atomic E-state index is -0.541. The lowest BCUT2D eigenvalue weighted by Gasteiger charge is -2.29. The van der Waals surface area contributed by atoms with Crippen molar-refractivity contribution in [3.05, 3.63) is 101 Å². The van der Waals surface area contributed by atoms with Crippen LogP contribution in [0.2, 0.25) is 0 Å². The van der Waals surface area contributed by atoms with Crippen LogP contribution in [0.3, 0.4) is 0 Å². The van der Waals surface area contributed by atoms with Gasteiger partial charge in [0, 0.05) is 23.8 Å². The van der Waals surface area contributed by atoms with Gasteiger partial charge in [0.25, 0.3) is 5.56 Å². The Labute approximate surface area is 207 Å². The van der Waals surface area contributed by atoms with Crippen molar-refractivity contribution in [3.63, 3.8) is 0 Å². The summed E-state index contributed by atoms with van der Waals surface area (Å²) in [5.74, 6) is -0.508. The molecule has 0 unspecified atom stereocenters. The summed E-state index contributed by atoms with van der Waals surface area (Å²) in [5, 5.41) is 12.0. The van der Waals surface area contributed by atoms with Crippen LogP contribution in [0.15, 0.2) is 78.1 Å². The van der Waals surface area contributed by atoms with E-state index in [9.17, 15) is 14.3 Å². The van der Waals surface area contributed by atoms with Gasteiger partial charge in [0.05, 0.1) is 29.4 Å². The molecule has 2 aromatic carbocycles. The van der Waals surface area contributed by atoms with E-state index >= 15 is 0 Å². The Bertz CT molecular complexity index is 1630. The zero-order chi connectivity index (χ0) is 24.6. The molecule has 0 aliphatic heterocycles. The van der Waals surface area contributed by atoms with E-state index in [1.165, 1.54) is 12.3 Å². The predicted molar refractivity (Wildman–Crippen MR) is 137 cm³/mol. The van der Waals surface area contributed by atoms with E-state index in [0.29, 0.717) is 29.3 Å². The number of hydrogen-bond donors (Lipinski definition) is 1. The quantitative estimate of drug-likeness (QED) is 0.282. The molecule has 1 saturated carbocycles. The van der Waals surface area contributed by atoms with Gasteiger partial charge in [-0.15, -0.1) is 0 Å². The molecule has 1 N–H and O–H groups in total. The second-order valence-corrected chi connectivity index (χ2v) is 9.45. The molecule has 1 aliphatic rings. The molecule has 0 bridgehead atoms. The number of nitrogens with zero attached hydrogens (tertiary/aromatic N) is 4. The van der Waals surface area contributed by atoms with E-state index in [4.69, 9.17) is 0 Å². The zero-order valence-corrected chi connectivity index (χ0v) is 19.6. The Hall–Kier alpha value is -3.97. The first kappa shape index (κ1) is 22.5. The van der Waals surface area contributed by atoms with Crippen molar-refractivity contribution < 1.29 is 9.50 Å². The summed E-state index contributed by atoms with van der Waals surface area (Å²) in [6.07, 6.45) is 8.22. The molecule has 6 nitrogen and oxygen atoms in total. The Morgan fingerprint density at radius 2 is 1.69 bits per heavy atom. The third kappa shape index (κ3) is 4.05. The van der Waals surface area contributed by atoms with Gasteiger partial charge in [0.15, 0.2) is 0 Å². The second kappa shape index (κ2) is 9.24. The van der Waals surface area contributed by atoms with Crippen molar-refractivity contribution in [1.82, 2.24) is 19.5 Å². The number of hydrogen-bond acceptors (Lipinski definition) is 5. The van der Waals surface area contributed by atoms with Crippen molar-refractivity contribution in [1.29, 1.82) is 0 Å².